The van der Waals surface area contributed by atoms with E-state index >= 15 is 0 Å². The number of thioether (sulfide) groups is 1. The molecule has 0 unspecified atom stereocenters. The summed E-state index contributed by atoms with van der Waals surface area (Å²) in [5.74, 6) is 1.23. The summed E-state index contributed by atoms with van der Waals surface area (Å²) in [6, 6.07) is 12.7. The largest absolute Gasteiger partial charge is 0.495 e. The van der Waals surface area contributed by atoms with Crippen LogP contribution in [0.2, 0.25) is 5.02 Å². The van der Waals surface area contributed by atoms with Gasteiger partial charge < -0.3 is 9.15 Å². The fourth-order valence-electron chi connectivity index (χ4n) is 2.93. The molecule has 0 radical (unpaired) electrons. The standard InChI is InChI=1S/C20H16ClN3O3S/c1-12-7-18-14(9-15(12)21)13(8-19(25)27-18)10-28-20-23-22-11-24(20)16-5-3-4-6-17(16)26-2/h3-9,11H,10H2,1-2H3. The molecule has 0 amide bonds. The molecule has 0 saturated heterocycles. The molecule has 0 aliphatic heterocycles. The molecule has 2 aromatic carbocycles. The minimum absolute atomic E-state index is 0.393. The molecule has 4 rings (SSSR count). The van der Waals surface area contributed by atoms with Gasteiger partial charge in [-0.1, -0.05) is 35.5 Å². The van der Waals surface area contributed by atoms with E-state index in [-0.39, 0.29) is 0 Å². The van der Waals surface area contributed by atoms with Crippen molar-refractivity contribution in [2.75, 3.05) is 7.11 Å². The summed E-state index contributed by atoms with van der Waals surface area (Å²) < 4.78 is 12.6. The first-order chi connectivity index (χ1) is 13.6. The maximum Gasteiger partial charge on any atom is 0.336 e. The highest BCUT2D eigenvalue weighted by molar-refractivity contribution is 7.98. The average Bonchev–Trinajstić information content (AvgIpc) is 3.16. The first kappa shape index (κ1) is 18.6. The molecular formula is C20H16ClN3O3S. The van der Waals surface area contributed by atoms with E-state index in [0.717, 1.165) is 28.0 Å². The average molecular weight is 414 g/mol. The van der Waals surface area contributed by atoms with E-state index < -0.39 is 5.63 Å². The Balaban J connectivity index is 1.69. The third kappa shape index (κ3) is 3.50. The molecule has 0 N–H and O–H groups in total. The van der Waals surface area contributed by atoms with Crippen molar-refractivity contribution in [1.82, 2.24) is 14.8 Å². The lowest BCUT2D eigenvalue weighted by Crippen LogP contribution is -2.02. The molecule has 2 aromatic heterocycles. The highest BCUT2D eigenvalue weighted by Gasteiger charge is 2.14. The predicted octanol–water partition coefficient (Wildman–Crippen LogP) is 4.64. The molecule has 0 fully saturated rings. The molecule has 6 nitrogen and oxygen atoms in total. The van der Waals surface area contributed by atoms with Gasteiger partial charge in [-0.3, -0.25) is 4.57 Å². The Bertz CT molecular complexity index is 1220. The maximum atomic E-state index is 12.0. The summed E-state index contributed by atoms with van der Waals surface area (Å²) >= 11 is 7.74. The van der Waals surface area contributed by atoms with E-state index in [0.29, 0.717) is 21.5 Å². The maximum absolute atomic E-state index is 12.0. The number of aryl methyl sites for hydroxylation is 1. The van der Waals surface area contributed by atoms with Crippen molar-refractivity contribution in [3.05, 3.63) is 75.4 Å². The summed E-state index contributed by atoms with van der Waals surface area (Å²) in [6.07, 6.45) is 1.64. The van der Waals surface area contributed by atoms with Crippen molar-refractivity contribution in [2.45, 2.75) is 17.8 Å². The molecule has 0 saturated carbocycles. The second kappa shape index (κ2) is 7.69. The SMILES string of the molecule is COc1ccccc1-n1cnnc1SCc1cc(=O)oc2cc(C)c(Cl)cc12. The van der Waals surface area contributed by atoms with Crippen molar-refractivity contribution >= 4 is 34.3 Å². The lowest BCUT2D eigenvalue weighted by atomic mass is 10.1. The predicted molar refractivity (Wildman–Crippen MR) is 110 cm³/mol. The molecule has 2 heterocycles. The van der Waals surface area contributed by atoms with Crippen LogP contribution in [0.3, 0.4) is 0 Å². The number of ether oxygens (including phenoxy) is 1. The van der Waals surface area contributed by atoms with Crippen LogP contribution in [-0.2, 0) is 5.75 Å². The van der Waals surface area contributed by atoms with Gasteiger partial charge in [-0.25, -0.2) is 4.79 Å². The number of rotatable bonds is 5. The highest BCUT2D eigenvalue weighted by atomic mass is 35.5. The number of hydrogen-bond donors (Lipinski definition) is 0. The second-order valence-electron chi connectivity index (χ2n) is 6.13. The number of methoxy groups -OCH3 is 1. The fraction of sp³-hybridized carbons (Fsp3) is 0.150. The zero-order valence-corrected chi connectivity index (χ0v) is 16.8. The quantitative estimate of drug-likeness (QED) is 0.350. The first-order valence-corrected chi connectivity index (χ1v) is 9.82. The molecule has 0 bridgehead atoms. The zero-order valence-electron chi connectivity index (χ0n) is 15.2. The van der Waals surface area contributed by atoms with E-state index in [1.54, 1.807) is 19.5 Å². The van der Waals surface area contributed by atoms with Crippen LogP contribution >= 0.6 is 23.4 Å². The molecular weight excluding hydrogens is 398 g/mol. The zero-order chi connectivity index (χ0) is 19.7. The number of hydrogen-bond acceptors (Lipinski definition) is 6. The summed E-state index contributed by atoms with van der Waals surface area (Å²) in [7, 11) is 1.62. The van der Waals surface area contributed by atoms with Gasteiger partial charge in [-0.15, -0.1) is 10.2 Å². The summed E-state index contributed by atoms with van der Waals surface area (Å²) in [6.45, 7) is 1.87. The monoisotopic (exact) mass is 413 g/mol. The van der Waals surface area contributed by atoms with E-state index in [1.807, 2.05) is 41.8 Å². The van der Waals surface area contributed by atoms with Crippen LogP contribution in [0, 0.1) is 6.92 Å². The Morgan fingerprint density at radius 3 is 2.89 bits per heavy atom. The second-order valence-corrected chi connectivity index (χ2v) is 7.48. The van der Waals surface area contributed by atoms with Crippen LogP contribution in [0.4, 0.5) is 0 Å². The summed E-state index contributed by atoms with van der Waals surface area (Å²) in [5, 5.41) is 10.4. The number of benzene rings is 2. The van der Waals surface area contributed by atoms with Crippen LogP contribution < -0.4 is 10.4 Å². The van der Waals surface area contributed by atoms with Gasteiger partial charge in [0.25, 0.3) is 0 Å². The van der Waals surface area contributed by atoms with Gasteiger partial charge in [0.05, 0.1) is 12.8 Å². The molecule has 8 heteroatoms. The van der Waals surface area contributed by atoms with Gasteiger partial charge in [-0.2, -0.15) is 0 Å². The third-order valence-electron chi connectivity index (χ3n) is 4.33. The lowest BCUT2D eigenvalue weighted by molar-refractivity contribution is 0.412. The van der Waals surface area contributed by atoms with Crippen LogP contribution in [0.5, 0.6) is 5.75 Å². The van der Waals surface area contributed by atoms with Gasteiger partial charge in [0.2, 0.25) is 0 Å². The van der Waals surface area contributed by atoms with E-state index in [2.05, 4.69) is 10.2 Å². The first-order valence-electron chi connectivity index (χ1n) is 8.46. The van der Waals surface area contributed by atoms with E-state index in [9.17, 15) is 4.79 Å². The van der Waals surface area contributed by atoms with Gasteiger partial charge in [0.15, 0.2) is 5.16 Å². The summed E-state index contributed by atoms with van der Waals surface area (Å²) in [4.78, 5) is 12.0. The molecule has 4 aromatic rings. The molecule has 0 atom stereocenters. The van der Waals surface area contributed by atoms with Crippen molar-refractivity contribution in [3.63, 3.8) is 0 Å². The molecule has 0 aliphatic rings. The van der Waals surface area contributed by atoms with Gasteiger partial charge >= 0.3 is 5.63 Å². The van der Waals surface area contributed by atoms with Crippen molar-refractivity contribution < 1.29 is 9.15 Å². The van der Waals surface area contributed by atoms with Gasteiger partial charge in [0, 0.05) is 22.2 Å². The Morgan fingerprint density at radius 2 is 2.07 bits per heavy atom. The van der Waals surface area contributed by atoms with Crippen LogP contribution in [0.1, 0.15) is 11.1 Å². The molecule has 0 spiro atoms. The number of para-hydroxylation sites is 2. The van der Waals surface area contributed by atoms with Crippen molar-refractivity contribution in [1.29, 1.82) is 0 Å². The number of aromatic nitrogens is 3. The lowest BCUT2D eigenvalue weighted by Gasteiger charge is -2.11. The Hall–Kier alpha value is -2.77. The normalized spacial score (nSPS) is 11.1. The number of nitrogens with zero attached hydrogens (tertiary/aromatic N) is 3. The van der Waals surface area contributed by atoms with Crippen molar-refractivity contribution in [2.24, 2.45) is 0 Å². The van der Waals surface area contributed by atoms with Gasteiger partial charge in [0.1, 0.15) is 17.7 Å². The number of halogens is 1. The Morgan fingerprint density at radius 1 is 1.25 bits per heavy atom. The molecule has 28 heavy (non-hydrogen) atoms. The molecule has 142 valence electrons. The molecule has 0 aliphatic carbocycles. The van der Waals surface area contributed by atoms with E-state index in [4.69, 9.17) is 20.8 Å². The Labute approximate surface area is 170 Å². The number of fused-ring (bicyclic) bond motifs is 1. The topological polar surface area (TPSA) is 70.2 Å². The van der Waals surface area contributed by atoms with Crippen LogP contribution in [-0.4, -0.2) is 21.9 Å². The highest BCUT2D eigenvalue weighted by Crippen LogP contribution is 2.31. The minimum Gasteiger partial charge on any atom is -0.495 e. The summed E-state index contributed by atoms with van der Waals surface area (Å²) in [5.41, 5.74) is 2.66. The minimum atomic E-state index is -0.393. The Kier molecular flexibility index (Phi) is 5.11. The van der Waals surface area contributed by atoms with E-state index in [1.165, 1.54) is 17.8 Å². The van der Waals surface area contributed by atoms with Crippen LogP contribution in [0.15, 0.2) is 63.2 Å². The third-order valence-corrected chi connectivity index (χ3v) is 5.73. The fourth-order valence-corrected chi connectivity index (χ4v) is 4.00. The van der Waals surface area contributed by atoms with Crippen molar-refractivity contribution in [3.8, 4) is 11.4 Å². The van der Waals surface area contributed by atoms with Crippen LogP contribution in [0.25, 0.3) is 16.7 Å². The smallest absolute Gasteiger partial charge is 0.336 e. The van der Waals surface area contributed by atoms with Gasteiger partial charge in [-0.05, 0) is 42.3 Å².